The van der Waals surface area contributed by atoms with Gasteiger partial charge in [0.15, 0.2) is 0 Å². The molecule has 0 aliphatic carbocycles. The fourth-order valence-corrected chi connectivity index (χ4v) is 3.31. The van der Waals surface area contributed by atoms with E-state index in [1.54, 1.807) is 0 Å². The van der Waals surface area contributed by atoms with Gasteiger partial charge < -0.3 is 14.2 Å². The van der Waals surface area contributed by atoms with Crippen LogP contribution in [0.15, 0.2) is 12.4 Å². The molecule has 0 bridgehead atoms. The number of amides is 1. The van der Waals surface area contributed by atoms with Crippen LogP contribution < -0.4 is 0 Å². The number of imidazole rings is 1. The van der Waals surface area contributed by atoms with Crippen LogP contribution in [-0.4, -0.2) is 46.2 Å². The van der Waals surface area contributed by atoms with Crippen LogP contribution in [0.5, 0.6) is 0 Å². The lowest BCUT2D eigenvalue weighted by Crippen LogP contribution is -2.45. The van der Waals surface area contributed by atoms with Crippen LogP contribution in [0.2, 0.25) is 0 Å². The number of piperidine rings is 1. The van der Waals surface area contributed by atoms with Gasteiger partial charge in [-0.1, -0.05) is 6.92 Å². The van der Waals surface area contributed by atoms with Gasteiger partial charge in [-0.25, -0.2) is 4.98 Å². The van der Waals surface area contributed by atoms with Gasteiger partial charge in [-0.15, -0.1) is 0 Å². The second-order valence-corrected chi connectivity index (χ2v) is 5.69. The number of hydrogen-bond donors (Lipinski definition) is 0. The summed E-state index contributed by atoms with van der Waals surface area (Å²) in [5.74, 6) is 1.30. The van der Waals surface area contributed by atoms with Gasteiger partial charge in [0.1, 0.15) is 11.9 Å². The quantitative estimate of drug-likeness (QED) is 0.846. The summed E-state index contributed by atoms with van der Waals surface area (Å²) in [6.45, 7) is 4.51. The summed E-state index contributed by atoms with van der Waals surface area (Å²) < 4.78 is 7.77. The third kappa shape index (κ3) is 2.59. The summed E-state index contributed by atoms with van der Waals surface area (Å²) in [6.07, 6.45) is 8.72. The monoisotopic (exact) mass is 277 g/mol. The first-order valence-electron chi connectivity index (χ1n) is 7.71. The molecule has 0 spiro atoms. The molecule has 0 saturated carbocycles. The van der Waals surface area contributed by atoms with Crippen molar-refractivity contribution in [2.24, 2.45) is 0 Å². The molecule has 2 aliphatic rings. The summed E-state index contributed by atoms with van der Waals surface area (Å²) in [7, 11) is 0. The molecule has 2 saturated heterocycles. The fourth-order valence-electron chi connectivity index (χ4n) is 3.31. The van der Waals surface area contributed by atoms with Crippen LogP contribution in [0.3, 0.4) is 0 Å². The number of likely N-dealkylation sites (tertiary alicyclic amines) is 1. The van der Waals surface area contributed by atoms with Gasteiger partial charge in [0.25, 0.3) is 5.91 Å². The molecule has 3 heterocycles. The Hall–Kier alpha value is -1.36. The molecule has 2 aliphatic heterocycles. The molecule has 1 aromatic rings. The maximum Gasteiger partial charge on any atom is 0.251 e. The van der Waals surface area contributed by atoms with Crippen LogP contribution >= 0.6 is 0 Å². The van der Waals surface area contributed by atoms with Gasteiger partial charge in [0.05, 0.1) is 6.04 Å². The molecule has 0 radical (unpaired) electrons. The number of carbonyl (C=O) groups is 1. The van der Waals surface area contributed by atoms with Crippen molar-refractivity contribution in [1.29, 1.82) is 0 Å². The highest BCUT2D eigenvalue weighted by atomic mass is 16.5. The van der Waals surface area contributed by atoms with Crippen LogP contribution in [0.4, 0.5) is 0 Å². The Kier molecular flexibility index (Phi) is 4.05. The third-order valence-electron chi connectivity index (χ3n) is 4.37. The van der Waals surface area contributed by atoms with E-state index in [0.29, 0.717) is 6.04 Å². The first-order chi connectivity index (χ1) is 9.79. The molecular formula is C15H23N3O2. The molecule has 2 fully saturated rings. The van der Waals surface area contributed by atoms with Crippen molar-refractivity contribution in [3.63, 3.8) is 0 Å². The summed E-state index contributed by atoms with van der Waals surface area (Å²) >= 11 is 0. The number of rotatable bonds is 3. The van der Waals surface area contributed by atoms with E-state index in [4.69, 9.17) is 4.74 Å². The molecule has 110 valence electrons. The minimum atomic E-state index is -0.192. The third-order valence-corrected chi connectivity index (χ3v) is 4.37. The number of carbonyl (C=O) groups excluding carboxylic acids is 1. The van der Waals surface area contributed by atoms with Gasteiger partial charge in [-0.3, -0.25) is 4.79 Å². The van der Waals surface area contributed by atoms with E-state index in [-0.39, 0.29) is 12.0 Å². The number of hydrogen-bond acceptors (Lipinski definition) is 3. The lowest BCUT2D eigenvalue weighted by molar-refractivity contribution is -0.142. The van der Waals surface area contributed by atoms with Crippen LogP contribution in [0, 0.1) is 0 Å². The predicted octanol–water partition coefficient (Wildman–Crippen LogP) is 1.79. The zero-order valence-corrected chi connectivity index (χ0v) is 12.1. The van der Waals surface area contributed by atoms with Crippen molar-refractivity contribution in [1.82, 2.24) is 14.5 Å². The van der Waals surface area contributed by atoms with Crippen LogP contribution in [0.25, 0.3) is 0 Å². The summed E-state index contributed by atoms with van der Waals surface area (Å²) in [4.78, 5) is 18.8. The van der Waals surface area contributed by atoms with Crippen molar-refractivity contribution in [3.8, 4) is 0 Å². The molecule has 1 aromatic heterocycles. The molecule has 0 aromatic carbocycles. The molecule has 5 nitrogen and oxygen atoms in total. The van der Waals surface area contributed by atoms with E-state index in [2.05, 4.69) is 16.5 Å². The molecule has 1 amide bonds. The highest BCUT2D eigenvalue weighted by Crippen LogP contribution is 2.25. The van der Waals surface area contributed by atoms with E-state index < -0.39 is 0 Å². The van der Waals surface area contributed by atoms with Crippen LogP contribution in [-0.2, 0) is 16.0 Å². The Bertz CT molecular complexity index is 465. The molecule has 3 rings (SSSR count). The summed E-state index contributed by atoms with van der Waals surface area (Å²) in [5, 5.41) is 0. The Labute approximate surface area is 119 Å². The number of nitrogens with zero attached hydrogens (tertiary/aromatic N) is 3. The highest BCUT2D eigenvalue weighted by molar-refractivity contribution is 5.81. The van der Waals surface area contributed by atoms with Gasteiger partial charge >= 0.3 is 0 Å². The Morgan fingerprint density at radius 3 is 3.10 bits per heavy atom. The predicted molar refractivity (Wildman–Crippen MR) is 75.4 cm³/mol. The molecule has 0 N–H and O–H groups in total. The van der Waals surface area contributed by atoms with Crippen molar-refractivity contribution < 1.29 is 9.53 Å². The highest BCUT2D eigenvalue weighted by Gasteiger charge is 2.32. The number of aromatic nitrogens is 2. The van der Waals surface area contributed by atoms with Gasteiger partial charge in [-0.2, -0.15) is 0 Å². The minimum absolute atomic E-state index is 0.186. The molecule has 2 atom stereocenters. The maximum absolute atomic E-state index is 12.4. The lowest BCUT2D eigenvalue weighted by Gasteiger charge is -2.35. The van der Waals surface area contributed by atoms with Gasteiger partial charge in [0.2, 0.25) is 0 Å². The average molecular weight is 277 g/mol. The number of ether oxygens (including phenoxy) is 1. The largest absolute Gasteiger partial charge is 0.368 e. The van der Waals surface area contributed by atoms with E-state index in [1.165, 1.54) is 0 Å². The summed E-state index contributed by atoms with van der Waals surface area (Å²) in [6, 6.07) is 0.367. The Morgan fingerprint density at radius 1 is 1.45 bits per heavy atom. The topological polar surface area (TPSA) is 47.4 Å². The Morgan fingerprint density at radius 2 is 2.35 bits per heavy atom. The first-order valence-corrected chi connectivity index (χ1v) is 7.71. The van der Waals surface area contributed by atoms with E-state index in [1.807, 2.05) is 17.3 Å². The fraction of sp³-hybridized carbons (Fsp3) is 0.733. The SMILES string of the molecule is CCc1nccn1[C@H]1CCCN(C(=O)[C@H]2CCCO2)C1. The summed E-state index contributed by atoms with van der Waals surface area (Å²) in [5.41, 5.74) is 0. The maximum atomic E-state index is 12.4. The van der Waals surface area contributed by atoms with Gasteiger partial charge in [0, 0.05) is 38.5 Å². The van der Waals surface area contributed by atoms with Gasteiger partial charge in [-0.05, 0) is 25.7 Å². The molecular weight excluding hydrogens is 254 g/mol. The molecule has 0 unspecified atom stereocenters. The second-order valence-electron chi connectivity index (χ2n) is 5.69. The van der Waals surface area contributed by atoms with Crippen molar-refractivity contribution in [2.75, 3.05) is 19.7 Å². The lowest BCUT2D eigenvalue weighted by atomic mass is 10.0. The average Bonchev–Trinajstić information content (AvgIpc) is 3.17. The zero-order valence-electron chi connectivity index (χ0n) is 12.1. The van der Waals surface area contributed by atoms with Crippen molar-refractivity contribution in [3.05, 3.63) is 18.2 Å². The molecule has 5 heteroatoms. The smallest absolute Gasteiger partial charge is 0.251 e. The standard InChI is InChI=1S/C15H23N3O2/c1-2-14-16-7-9-18(14)12-5-3-8-17(11-12)15(19)13-6-4-10-20-13/h7,9,12-13H,2-6,8,10-11H2,1H3/t12-,13+/m0/s1. The van der Waals surface area contributed by atoms with E-state index >= 15 is 0 Å². The van der Waals surface area contributed by atoms with Crippen LogP contribution in [0.1, 0.15) is 44.5 Å². The normalized spacial score (nSPS) is 26.9. The van der Waals surface area contributed by atoms with E-state index in [0.717, 1.165) is 57.6 Å². The molecule has 20 heavy (non-hydrogen) atoms. The van der Waals surface area contributed by atoms with E-state index in [9.17, 15) is 4.79 Å². The van der Waals surface area contributed by atoms with Crippen molar-refractivity contribution >= 4 is 5.91 Å². The number of aryl methyl sites for hydroxylation is 1. The van der Waals surface area contributed by atoms with Crippen molar-refractivity contribution in [2.45, 2.75) is 51.2 Å². The minimum Gasteiger partial charge on any atom is -0.368 e. The first kappa shape index (κ1) is 13.6. The zero-order chi connectivity index (χ0) is 13.9. The Balaban J connectivity index is 1.68. The second kappa shape index (κ2) is 5.95.